The summed E-state index contributed by atoms with van der Waals surface area (Å²) in [5.74, 6) is -0.0171. The number of rotatable bonds is 3. The van der Waals surface area contributed by atoms with Gasteiger partial charge in [0.25, 0.3) is 0 Å². The van der Waals surface area contributed by atoms with Gasteiger partial charge in [0.15, 0.2) is 5.12 Å². The van der Waals surface area contributed by atoms with Gasteiger partial charge < -0.3 is 4.90 Å². The first-order chi connectivity index (χ1) is 10.9. The van der Waals surface area contributed by atoms with Crippen LogP contribution in [0.3, 0.4) is 0 Å². The minimum atomic E-state index is -0.778. The molecule has 0 fully saturated rings. The number of carbonyl (C=O) groups is 2. The van der Waals surface area contributed by atoms with Crippen molar-refractivity contribution in [1.82, 2.24) is 0 Å². The lowest BCUT2D eigenvalue weighted by Gasteiger charge is -2.22. The third kappa shape index (κ3) is 2.79. The molecule has 2 aromatic carbocycles. The second-order valence-electron chi connectivity index (χ2n) is 6.18. The zero-order chi connectivity index (χ0) is 16.6. The van der Waals surface area contributed by atoms with Crippen LogP contribution in [0.4, 0.5) is 5.69 Å². The number of anilines is 1. The number of nitrogens with zero attached hydrogens (tertiary/aromatic N) is 1. The maximum atomic E-state index is 12.7. The molecule has 2 aromatic rings. The van der Waals surface area contributed by atoms with Crippen LogP contribution in [0.25, 0.3) is 0 Å². The Morgan fingerprint density at radius 1 is 1.13 bits per heavy atom. The van der Waals surface area contributed by atoms with Crippen molar-refractivity contribution >= 4 is 28.5 Å². The molecule has 0 saturated carbocycles. The van der Waals surface area contributed by atoms with Crippen LogP contribution in [0, 0.1) is 6.92 Å². The summed E-state index contributed by atoms with van der Waals surface area (Å²) in [6.07, 6.45) is 0.200. The van der Waals surface area contributed by atoms with E-state index in [4.69, 9.17) is 0 Å². The fourth-order valence-corrected chi connectivity index (χ4v) is 3.96. The van der Waals surface area contributed by atoms with Gasteiger partial charge in [-0.1, -0.05) is 47.7 Å². The van der Waals surface area contributed by atoms with E-state index in [9.17, 15) is 9.59 Å². The summed E-state index contributed by atoms with van der Waals surface area (Å²) in [6, 6.07) is 15.6. The van der Waals surface area contributed by atoms with Crippen LogP contribution in [0.2, 0.25) is 0 Å². The fourth-order valence-electron chi connectivity index (χ4n) is 3.06. The molecule has 0 N–H and O–H groups in total. The average molecular weight is 325 g/mol. The van der Waals surface area contributed by atoms with Gasteiger partial charge in [-0.2, -0.15) is 0 Å². The van der Waals surface area contributed by atoms with Gasteiger partial charge in [0.05, 0.1) is 5.41 Å². The first-order valence-corrected chi connectivity index (χ1v) is 8.38. The molecular formula is C19H19NO2S. The van der Waals surface area contributed by atoms with Crippen molar-refractivity contribution in [3.05, 3.63) is 59.7 Å². The Labute approximate surface area is 140 Å². The number of para-hydroxylation sites is 1. The molecule has 1 atom stereocenters. The molecule has 1 heterocycles. The van der Waals surface area contributed by atoms with Gasteiger partial charge in [-0.05, 0) is 37.6 Å². The van der Waals surface area contributed by atoms with Crippen LogP contribution in [-0.2, 0) is 15.0 Å². The molecular weight excluding hydrogens is 306 g/mol. The number of fused-ring (bicyclic) bond motifs is 1. The smallest absolute Gasteiger partial charge is 0.237 e. The quantitative estimate of drug-likeness (QED) is 0.802. The molecule has 0 saturated heterocycles. The predicted octanol–water partition coefficient (Wildman–Crippen LogP) is 3.94. The summed E-state index contributed by atoms with van der Waals surface area (Å²) >= 11 is 1.21. The van der Waals surface area contributed by atoms with Gasteiger partial charge in [0.1, 0.15) is 0 Å². The van der Waals surface area contributed by atoms with Crippen LogP contribution in [0.15, 0.2) is 53.4 Å². The number of thioether (sulfide) groups is 1. The topological polar surface area (TPSA) is 37.4 Å². The Morgan fingerprint density at radius 2 is 1.78 bits per heavy atom. The Morgan fingerprint density at radius 3 is 2.48 bits per heavy atom. The molecule has 0 unspecified atom stereocenters. The van der Waals surface area contributed by atoms with Gasteiger partial charge in [0, 0.05) is 24.1 Å². The van der Waals surface area contributed by atoms with Crippen molar-refractivity contribution < 1.29 is 9.59 Å². The molecule has 1 aliphatic heterocycles. The lowest BCUT2D eigenvalue weighted by atomic mass is 9.81. The summed E-state index contributed by atoms with van der Waals surface area (Å²) < 4.78 is 0. The van der Waals surface area contributed by atoms with E-state index >= 15 is 0 Å². The zero-order valence-corrected chi connectivity index (χ0v) is 14.3. The van der Waals surface area contributed by atoms with Crippen molar-refractivity contribution in [2.75, 3.05) is 11.9 Å². The van der Waals surface area contributed by atoms with Crippen LogP contribution in [-0.4, -0.2) is 18.1 Å². The van der Waals surface area contributed by atoms with E-state index in [-0.39, 0.29) is 17.4 Å². The molecule has 23 heavy (non-hydrogen) atoms. The number of hydrogen-bond donors (Lipinski definition) is 0. The van der Waals surface area contributed by atoms with E-state index in [0.717, 1.165) is 21.7 Å². The molecule has 1 aliphatic rings. The standard InChI is InChI=1S/C19H19NO2S/c1-13-8-10-14(11-9-13)23-17(21)12-19(2)15-6-4-5-7-16(15)20(3)18(19)22/h4-11H,12H2,1-3H3/t19-/m0/s1. The number of benzene rings is 2. The van der Waals surface area contributed by atoms with Gasteiger partial charge in [-0.15, -0.1) is 0 Å². The highest BCUT2D eigenvalue weighted by Gasteiger charge is 2.47. The number of likely N-dealkylation sites (N-methyl/N-ethyl adjacent to an activating group) is 1. The molecule has 118 valence electrons. The highest BCUT2D eigenvalue weighted by atomic mass is 32.2. The molecule has 0 radical (unpaired) electrons. The lowest BCUT2D eigenvalue weighted by molar-refractivity contribution is -0.125. The van der Waals surface area contributed by atoms with Crippen LogP contribution in [0.1, 0.15) is 24.5 Å². The summed E-state index contributed by atoms with van der Waals surface area (Å²) in [4.78, 5) is 27.8. The van der Waals surface area contributed by atoms with Crippen LogP contribution >= 0.6 is 11.8 Å². The molecule has 4 heteroatoms. The Balaban J connectivity index is 1.82. The van der Waals surface area contributed by atoms with Crippen LogP contribution in [0.5, 0.6) is 0 Å². The molecule has 3 rings (SSSR count). The van der Waals surface area contributed by atoms with Gasteiger partial charge in [0.2, 0.25) is 5.91 Å². The maximum Gasteiger partial charge on any atom is 0.237 e. The van der Waals surface area contributed by atoms with E-state index in [1.807, 2.05) is 62.4 Å². The molecule has 0 bridgehead atoms. The first kappa shape index (κ1) is 15.8. The van der Waals surface area contributed by atoms with Crippen molar-refractivity contribution in [2.45, 2.75) is 30.6 Å². The van der Waals surface area contributed by atoms with Crippen LogP contribution < -0.4 is 4.90 Å². The first-order valence-electron chi connectivity index (χ1n) is 7.57. The molecule has 0 spiro atoms. The van der Waals surface area contributed by atoms with Crippen molar-refractivity contribution in [3.63, 3.8) is 0 Å². The number of carbonyl (C=O) groups excluding carboxylic acids is 2. The Kier molecular flexibility index (Phi) is 4.02. The van der Waals surface area contributed by atoms with E-state index in [0.29, 0.717) is 0 Å². The second kappa shape index (κ2) is 5.85. The summed E-state index contributed by atoms with van der Waals surface area (Å²) in [6.45, 7) is 3.88. The predicted molar refractivity (Wildman–Crippen MR) is 93.9 cm³/mol. The average Bonchev–Trinajstić information content (AvgIpc) is 2.72. The summed E-state index contributed by atoms with van der Waals surface area (Å²) in [7, 11) is 1.77. The van der Waals surface area contributed by atoms with Gasteiger partial charge in [-0.25, -0.2) is 0 Å². The van der Waals surface area contributed by atoms with Crippen molar-refractivity contribution in [3.8, 4) is 0 Å². The van der Waals surface area contributed by atoms with E-state index in [1.165, 1.54) is 11.8 Å². The van der Waals surface area contributed by atoms with E-state index < -0.39 is 5.41 Å². The number of aryl methyl sites for hydroxylation is 1. The second-order valence-corrected chi connectivity index (χ2v) is 7.31. The third-order valence-electron chi connectivity index (χ3n) is 4.39. The minimum Gasteiger partial charge on any atom is -0.314 e. The SMILES string of the molecule is Cc1ccc(SC(=O)C[C@]2(C)C(=O)N(C)c3ccccc32)cc1. The van der Waals surface area contributed by atoms with E-state index in [2.05, 4.69) is 0 Å². The largest absolute Gasteiger partial charge is 0.314 e. The van der Waals surface area contributed by atoms with Gasteiger partial charge in [-0.3, -0.25) is 9.59 Å². The fraction of sp³-hybridized carbons (Fsp3) is 0.263. The normalized spacial score (nSPS) is 19.8. The monoisotopic (exact) mass is 325 g/mol. The highest BCUT2D eigenvalue weighted by Crippen LogP contribution is 2.44. The van der Waals surface area contributed by atoms with Gasteiger partial charge >= 0.3 is 0 Å². The molecule has 0 aliphatic carbocycles. The molecule has 0 aromatic heterocycles. The number of amides is 1. The highest BCUT2D eigenvalue weighted by molar-refractivity contribution is 8.13. The summed E-state index contributed by atoms with van der Waals surface area (Å²) in [5.41, 5.74) is 2.22. The maximum absolute atomic E-state index is 12.7. The summed E-state index contributed by atoms with van der Waals surface area (Å²) in [5, 5.41) is 0.00908. The minimum absolute atomic E-state index is 0.00908. The number of hydrogen-bond acceptors (Lipinski definition) is 3. The van der Waals surface area contributed by atoms with Crippen molar-refractivity contribution in [1.29, 1.82) is 0 Å². The lowest BCUT2D eigenvalue weighted by Crippen LogP contribution is -2.37. The van der Waals surface area contributed by atoms with Crippen molar-refractivity contribution in [2.24, 2.45) is 0 Å². The zero-order valence-electron chi connectivity index (χ0n) is 13.5. The van der Waals surface area contributed by atoms with E-state index in [1.54, 1.807) is 11.9 Å². The third-order valence-corrected chi connectivity index (χ3v) is 5.27. The molecule has 3 nitrogen and oxygen atoms in total. The Hall–Kier alpha value is -2.07. The molecule has 1 amide bonds. The Bertz CT molecular complexity index is 769.